The number of phenols is 1. The van der Waals surface area contributed by atoms with E-state index in [2.05, 4.69) is 38.2 Å². The second kappa shape index (κ2) is 12.3. The van der Waals surface area contributed by atoms with Gasteiger partial charge in [-0.15, -0.1) is 15.3 Å². The first-order chi connectivity index (χ1) is 21.9. The third kappa shape index (κ3) is 6.10. The third-order valence-corrected chi connectivity index (χ3v) is 9.09. The number of aromatic hydroxyl groups is 1. The van der Waals surface area contributed by atoms with Crippen molar-refractivity contribution in [2.24, 2.45) is 0 Å². The molecule has 2 bridgehead atoms. The molecule has 0 spiro atoms. The molecule has 3 aromatic carbocycles. The Morgan fingerprint density at radius 1 is 0.889 bits per heavy atom. The minimum atomic E-state index is -0.328. The summed E-state index contributed by atoms with van der Waals surface area (Å²) in [6.45, 7) is 4.84. The molecule has 3 fully saturated rings. The van der Waals surface area contributed by atoms with Gasteiger partial charge < -0.3 is 30.2 Å². The predicted molar refractivity (Wildman–Crippen MR) is 173 cm³/mol. The lowest BCUT2D eigenvalue weighted by molar-refractivity contribution is -0.131. The van der Waals surface area contributed by atoms with Gasteiger partial charge in [-0.05, 0) is 67.8 Å². The molecule has 10 heteroatoms. The number of aryl methyl sites for hydroxylation is 1. The number of piperidine rings is 1. The van der Waals surface area contributed by atoms with Crippen LogP contribution < -0.4 is 20.3 Å². The highest BCUT2D eigenvalue weighted by atomic mass is 16.7. The van der Waals surface area contributed by atoms with Crippen LogP contribution in [-0.4, -0.2) is 70.7 Å². The van der Waals surface area contributed by atoms with Gasteiger partial charge in [-0.25, -0.2) is 4.79 Å². The number of aromatic nitrogens is 2. The highest BCUT2D eigenvalue weighted by molar-refractivity contribution is 5.89. The minimum absolute atomic E-state index is 0.0600. The number of nitrogens with zero attached hydrogens (tertiary/aromatic N) is 5. The lowest BCUT2D eigenvalue weighted by Gasteiger charge is -2.43. The molecular weight excluding hydrogens is 568 g/mol. The van der Waals surface area contributed by atoms with E-state index in [1.807, 2.05) is 49.4 Å². The summed E-state index contributed by atoms with van der Waals surface area (Å²) in [5, 5.41) is 20.8. The van der Waals surface area contributed by atoms with Gasteiger partial charge in [0.2, 0.25) is 0 Å². The maximum absolute atomic E-state index is 12.4. The van der Waals surface area contributed by atoms with Crippen LogP contribution in [-0.2, 0) is 4.84 Å². The van der Waals surface area contributed by atoms with Gasteiger partial charge in [-0.3, -0.25) is 0 Å². The predicted octanol–water partition coefficient (Wildman–Crippen LogP) is 5.21. The molecule has 3 aliphatic rings. The van der Waals surface area contributed by atoms with Crippen molar-refractivity contribution in [2.75, 3.05) is 41.7 Å². The number of hydrogen-bond acceptors (Lipinski definition) is 10. The molecule has 4 heterocycles. The number of hydrogen-bond donors (Lipinski definition) is 2. The Hall–Kier alpha value is -4.83. The van der Waals surface area contributed by atoms with Crippen LogP contribution in [0.3, 0.4) is 0 Å². The first-order valence-corrected chi connectivity index (χ1v) is 15.7. The van der Waals surface area contributed by atoms with E-state index in [-0.39, 0.29) is 17.8 Å². The lowest BCUT2D eigenvalue weighted by atomic mass is 10.1. The van der Waals surface area contributed by atoms with Crippen LogP contribution in [0.1, 0.15) is 41.6 Å². The highest BCUT2D eigenvalue weighted by Gasteiger charge is 2.41. The molecule has 7 rings (SSSR count). The summed E-state index contributed by atoms with van der Waals surface area (Å²) in [6, 6.07) is 25.6. The van der Waals surface area contributed by atoms with E-state index in [9.17, 15) is 9.90 Å². The van der Waals surface area contributed by atoms with Crippen LogP contribution in [0.15, 0.2) is 78.9 Å². The fourth-order valence-corrected chi connectivity index (χ4v) is 6.85. The average Bonchev–Trinajstić information content (AvgIpc) is 3.32. The van der Waals surface area contributed by atoms with Crippen LogP contribution in [0.25, 0.3) is 11.3 Å². The Bertz CT molecular complexity index is 1660. The Morgan fingerprint density at radius 3 is 2.38 bits per heavy atom. The molecule has 2 atom stereocenters. The normalized spacial score (nSPS) is 20.3. The summed E-state index contributed by atoms with van der Waals surface area (Å²) < 4.78 is 6.44. The van der Waals surface area contributed by atoms with Crippen LogP contribution >= 0.6 is 0 Å². The molecule has 3 saturated heterocycles. The van der Waals surface area contributed by atoms with Crippen molar-refractivity contribution in [1.82, 2.24) is 15.3 Å². The number of phenolic OH excluding ortho intramolecular Hbond substituents is 1. The molecule has 3 aliphatic heterocycles. The largest absolute Gasteiger partial charge is 0.507 e. The number of nitrogen functional groups attached to an aromatic ring is 1. The Morgan fingerprint density at radius 2 is 1.64 bits per heavy atom. The summed E-state index contributed by atoms with van der Waals surface area (Å²) in [4.78, 5) is 22.9. The van der Waals surface area contributed by atoms with Gasteiger partial charge in [0.25, 0.3) is 0 Å². The van der Waals surface area contributed by atoms with E-state index in [4.69, 9.17) is 15.3 Å². The van der Waals surface area contributed by atoms with Crippen LogP contribution in [0.2, 0.25) is 0 Å². The Labute approximate surface area is 262 Å². The number of ether oxygens (including phenoxy) is 1. The van der Waals surface area contributed by atoms with Crippen molar-refractivity contribution in [1.29, 1.82) is 0 Å². The molecule has 1 aromatic heterocycles. The molecule has 45 heavy (non-hydrogen) atoms. The minimum Gasteiger partial charge on any atom is -0.507 e. The molecule has 232 valence electrons. The number of hydroxylamine groups is 2. The number of fused-ring (bicyclic) bond motifs is 2. The van der Waals surface area contributed by atoms with Gasteiger partial charge in [0.1, 0.15) is 17.6 Å². The molecule has 0 amide bonds. The van der Waals surface area contributed by atoms with Crippen molar-refractivity contribution < 1.29 is 19.5 Å². The van der Waals surface area contributed by atoms with E-state index in [0.717, 1.165) is 55.8 Å². The van der Waals surface area contributed by atoms with Crippen molar-refractivity contribution in [3.05, 3.63) is 90.0 Å². The summed E-state index contributed by atoms with van der Waals surface area (Å²) in [6.07, 6.45) is 3.80. The monoisotopic (exact) mass is 606 g/mol. The SMILES string of the molecule is Cc1ccc(-c2cc(N3C[C@H]4CC[C@@H](C3)N4c3cccc(OC4CCN(OC(=O)c5ccccc5)CC4)c3)c(N)nn2)c(O)c1. The quantitative estimate of drug-likeness (QED) is 0.290. The summed E-state index contributed by atoms with van der Waals surface area (Å²) in [5.41, 5.74) is 11.2. The van der Waals surface area contributed by atoms with E-state index in [1.165, 1.54) is 5.69 Å². The van der Waals surface area contributed by atoms with Crippen molar-refractivity contribution in [2.45, 2.75) is 50.8 Å². The number of nitrogens with two attached hydrogens (primary N) is 1. The maximum atomic E-state index is 12.4. The fraction of sp³-hybridized carbons (Fsp3) is 0.343. The molecule has 4 aromatic rings. The first kappa shape index (κ1) is 28.9. The van der Waals surface area contributed by atoms with E-state index < -0.39 is 0 Å². The van der Waals surface area contributed by atoms with E-state index in [1.54, 1.807) is 23.3 Å². The topological polar surface area (TPSA) is 117 Å². The molecule has 3 N–H and O–H groups in total. The number of piperazine rings is 1. The smallest absolute Gasteiger partial charge is 0.357 e. The maximum Gasteiger partial charge on any atom is 0.357 e. The number of anilines is 3. The van der Waals surface area contributed by atoms with Crippen LogP contribution in [0.4, 0.5) is 17.2 Å². The van der Waals surface area contributed by atoms with Crippen molar-refractivity contribution in [3.8, 4) is 22.8 Å². The number of carbonyl (C=O) groups is 1. The van der Waals surface area contributed by atoms with Crippen LogP contribution in [0, 0.1) is 6.92 Å². The fourth-order valence-electron chi connectivity index (χ4n) is 6.85. The average molecular weight is 607 g/mol. The standard InChI is InChI=1S/C35H38N6O4/c1-23-10-13-30(33(42)18-23)31-20-32(34(36)38-37-31)39-21-26-11-12-27(22-39)41(26)25-8-5-9-29(19-25)44-28-14-16-40(17-15-28)45-35(43)24-6-3-2-4-7-24/h2-10,13,18-20,26-28,42H,11-12,14-17,21-22H2,1H3,(H2,36,38)/t26-,27+. The zero-order valence-corrected chi connectivity index (χ0v) is 25.4. The van der Waals surface area contributed by atoms with Gasteiger partial charge in [-0.2, -0.15) is 0 Å². The van der Waals surface area contributed by atoms with Gasteiger partial charge in [0.15, 0.2) is 5.82 Å². The summed E-state index contributed by atoms with van der Waals surface area (Å²) >= 11 is 0. The first-order valence-electron chi connectivity index (χ1n) is 15.7. The molecule has 0 radical (unpaired) electrons. The van der Waals surface area contributed by atoms with Gasteiger partial charge in [-0.1, -0.05) is 30.3 Å². The summed E-state index contributed by atoms with van der Waals surface area (Å²) in [7, 11) is 0. The van der Waals surface area contributed by atoms with Crippen molar-refractivity contribution >= 4 is 23.2 Å². The van der Waals surface area contributed by atoms with Crippen LogP contribution in [0.5, 0.6) is 11.5 Å². The molecule has 0 aliphatic carbocycles. The number of carbonyl (C=O) groups excluding carboxylic acids is 1. The lowest BCUT2D eigenvalue weighted by Crippen LogP contribution is -2.54. The van der Waals surface area contributed by atoms with E-state index >= 15 is 0 Å². The third-order valence-electron chi connectivity index (χ3n) is 9.09. The molecule has 10 nitrogen and oxygen atoms in total. The Balaban J connectivity index is 0.988. The molecular formula is C35H38N6O4. The number of benzene rings is 3. The highest BCUT2D eigenvalue weighted by Crippen LogP contribution is 2.40. The second-order valence-electron chi connectivity index (χ2n) is 12.2. The van der Waals surface area contributed by atoms with E-state index in [0.29, 0.717) is 47.8 Å². The Kier molecular flexibility index (Phi) is 7.89. The molecule has 0 unspecified atom stereocenters. The van der Waals surface area contributed by atoms with Gasteiger partial charge in [0.05, 0.1) is 16.9 Å². The number of rotatable bonds is 7. The zero-order chi connectivity index (χ0) is 30.9. The second-order valence-corrected chi connectivity index (χ2v) is 12.2. The zero-order valence-electron chi connectivity index (χ0n) is 25.4. The summed E-state index contributed by atoms with van der Waals surface area (Å²) in [5.74, 6) is 1.11. The van der Waals surface area contributed by atoms with Gasteiger partial charge in [0, 0.05) is 68.4 Å². The van der Waals surface area contributed by atoms with Gasteiger partial charge >= 0.3 is 5.97 Å². The molecule has 0 saturated carbocycles. The van der Waals surface area contributed by atoms with Crippen molar-refractivity contribution in [3.63, 3.8) is 0 Å².